The fourth-order valence-electron chi connectivity index (χ4n) is 6.25. The molecular weight excluding hydrogens is 596 g/mol. The van der Waals surface area contributed by atoms with Crippen LogP contribution < -0.4 is 14.9 Å². The fraction of sp³-hybridized carbons (Fsp3) is 0.200. The standard InChI is InChI=1S/C35H28O11/c1-35(2)10-9-18-25(46-35)14-26-29(31(18)42)32(43)30(33(45-26)15-3-6-17(36)7-4-15)28-22(40)12-21(39)27-23(41)13-24(44-34(27)28)16-5-8-19(37)20(38)11-16/h3-8,11-14,30,33,36-40,42H,9-10H2,1-2H3/t30-,33+/m1/s1. The molecule has 1 aromatic heterocycles. The molecule has 11 nitrogen and oxygen atoms in total. The van der Waals surface area contributed by atoms with Crippen LogP contribution in [0.2, 0.25) is 0 Å². The van der Waals surface area contributed by atoms with E-state index < -0.39 is 51.8 Å². The molecule has 0 unspecified atom stereocenters. The van der Waals surface area contributed by atoms with Crippen molar-refractivity contribution < 1.29 is 49.3 Å². The van der Waals surface area contributed by atoms with E-state index in [0.29, 0.717) is 29.7 Å². The summed E-state index contributed by atoms with van der Waals surface area (Å²) < 4.78 is 18.6. The maximum atomic E-state index is 14.6. The van der Waals surface area contributed by atoms with Gasteiger partial charge in [-0.15, -0.1) is 0 Å². The Kier molecular flexibility index (Phi) is 6.34. The molecule has 0 spiro atoms. The summed E-state index contributed by atoms with van der Waals surface area (Å²) >= 11 is 0. The Bertz CT molecular complexity index is 2140. The Balaban J connectivity index is 1.50. The lowest BCUT2D eigenvalue weighted by Gasteiger charge is -2.37. The SMILES string of the molecule is CC1(C)CCc2c(cc3c(c2O)C(=O)[C@@H](c2c(O)cc(O)c4c(=O)cc(-c5ccc(O)c(O)c5)oc24)[C@H](c2ccc(O)cc2)O3)O1. The zero-order valence-corrected chi connectivity index (χ0v) is 24.6. The van der Waals surface area contributed by atoms with Gasteiger partial charge in [-0.05, 0) is 62.6 Å². The van der Waals surface area contributed by atoms with E-state index in [2.05, 4.69) is 0 Å². The van der Waals surface area contributed by atoms with E-state index >= 15 is 0 Å². The third-order valence-electron chi connectivity index (χ3n) is 8.57. The van der Waals surface area contributed by atoms with Crippen LogP contribution in [0.5, 0.6) is 46.0 Å². The first-order chi connectivity index (χ1) is 21.8. The van der Waals surface area contributed by atoms with Gasteiger partial charge in [0.05, 0.1) is 11.5 Å². The highest BCUT2D eigenvalue weighted by Crippen LogP contribution is 2.54. The first-order valence-electron chi connectivity index (χ1n) is 14.5. The third kappa shape index (κ3) is 4.50. The molecule has 4 aromatic carbocycles. The summed E-state index contributed by atoms with van der Waals surface area (Å²) in [6.45, 7) is 3.82. The molecule has 234 valence electrons. The predicted octanol–water partition coefficient (Wildman–Crippen LogP) is 5.90. The van der Waals surface area contributed by atoms with Gasteiger partial charge in [0.25, 0.3) is 0 Å². The quantitative estimate of drug-likeness (QED) is 0.131. The van der Waals surface area contributed by atoms with Crippen LogP contribution in [0.4, 0.5) is 0 Å². The topological polar surface area (TPSA) is 187 Å². The van der Waals surface area contributed by atoms with Gasteiger partial charge in [0.1, 0.15) is 68.5 Å². The molecule has 0 saturated carbocycles. The van der Waals surface area contributed by atoms with E-state index in [1.807, 2.05) is 13.8 Å². The van der Waals surface area contributed by atoms with Crippen molar-refractivity contribution in [3.63, 3.8) is 0 Å². The molecule has 2 atom stereocenters. The summed E-state index contributed by atoms with van der Waals surface area (Å²) in [5, 5.41) is 63.1. The third-order valence-corrected chi connectivity index (χ3v) is 8.57. The van der Waals surface area contributed by atoms with Crippen LogP contribution in [0.25, 0.3) is 22.3 Å². The summed E-state index contributed by atoms with van der Waals surface area (Å²) in [6, 6.07) is 13.2. The van der Waals surface area contributed by atoms with E-state index in [0.717, 1.165) is 18.2 Å². The van der Waals surface area contributed by atoms with Gasteiger partial charge in [0.2, 0.25) is 0 Å². The minimum absolute atomic E-state index is 0.0394. The van der Waals surface area contributed by atoms with Crippen molar-refractivity contribution in [2.75, 3.05) is 0 Å². The number of benzene rings is 4. The number of ether oxygens (including phenoxy) is 2. The zero-order valence-electron chi connectivity index (χ0n) is 24.6. The Hall–Kier alpha value is -5.84. The van der Waals surface area contributed by atoms with E-state index in [1.54, 1.807) is 6.07 Å². The summed E-state index contributed by atoms with van der Waals surface area (Å²) in [7, 11) is 0. The average molecular weight is 625 g/mol. The lowest BCUT2D eigenvalue weighted by atomic mass is 9.78. The van der Waals surface area contributed by atoms with E-state index in [4.69, 9.17) is 13.9 Å². The van der Waals surface area contributed by atoms with Gasteiger partial charge < -0.3 is 44.5 Å². The molecule has 6 N–H and O–H groups in total. The average Bonchev–Trinajstić information content (AvgIpc) is 2.98. The number of carbonyl (C=O) groups is 1. The number of rotatable bonds is 3. The Morgan fingerprint density at radius 2 is 1.52 bits per heavy atom. The number of Topliss-reactive ketones (excluding diaryl/α,β-unsaturated/α-hetero) is 1. The number of phenols is 6. The van der Waals surface area contributed by atoms with Crippen molar-refractivity contribution in [1.29, 1.82) is 0 Å². The molecule has 2 aliphatic heterocycles. The maximum absolute atomic E-state index is 14.6. The lowest BCUT2D eigenvalue weighted by Crippen LogP contribution is -2.34. The number of phenolic OH excluding ortho intramolecular Hbond substituents is 6. The first kappa shape index (κ1) is 28.9. The molecule has 11 heteroatoms. The van der Waals surface area contributed by atoms with Crippen LogP contribution in [0.15, 0.2) is 69.9 Å². The maximum Gasteiger partial charge on any atom is 0.197 e. The molecule has 5 aromatic rings. The second kappa shape index (κ2) is 10.1. The number of aromatic hydroxyl groups is 6. The van der Waals surface area contributed by atoms with Crippen molar-refractivity contribution in [3.8, 4) is 57.3 Å². The Morgan fingerprint density at radius 3 is 2.24 bits per heavy atom. The zero-order chi connectivity index (χ0) is 32.7. The number of hydrogen-bond donors (Lipinski definition) is 6. The van der Waals surface area contributed by atoms with Gasteiger partial charge in [-0.25, -0.2) is 0 Å². The number of ketones is 1. The summed E-state index contributed by atoms with van der Waals surface area (Å²) in [6.07, 6.45) is -0.184. The van der Waals surface area contributed by atoms with Crippen LogP contribution in [0.3, 0.4) is 0 Å². The minimum Gasteiger partial charge on any atom is -0.508 e. The van der Waals surface area contributed by atoms with Gasteiger partial charge >= 0.3 is 0 Å². The highest BCUT2D eigenvalue weighted by molar-refractivity contribution is 6.09. The Labute approximate surface area is 260 Å². The summed E-state index contributed by atoms with van der Waals surface area (Å²) in [4.78, 5) is 28.0. The molecule has 0 amide bonds. The van der Waals surface area contributed by atoms with Crippen LogP contribution in [0, 0.1) is 0 Å². The van der Waals surface area contributed by atoms with E-state index in [-0.39, 0.29) is 50.7 Å². The summed E-state index contributed by atoms with van der Waals surface area (Å²) in [5.74, 6) is -4.23. The number of fused-ring (bicyclic) bond motifs is 3. The largest absolute Gasteiger partial charge is 0.508 e. The number of hydrogen-bond acceptors (Lipinski definition) is 11. The van der Waals surface area contributed by atoms with Crippen LogP contribution in [-0.4, -0.2) is 42.0 Å². The molecular formula is C35H28O11. The summed E-state index contributed by atoms with van der Waals surface area (Å²) in [5.41, 5.74) is -0.898. The second-order valence-corrected chi connectivity index (χ2v) is 12.1. The molecule has 2 aliphatic rings. The Morgan fingerprint density at radius 1 is 0.783 bits per heavy atom. The van der Waals surface area contributed by atoms with Crippen molar-refractivity contribution >= 4 is 16.8 Å². The molecule has 0 fully saturated rings. The smallest absolute Gasteiger partial charge is 0.197 e. The first-order valence-corrected chi connectivity index (χ1v) is 14.5. The monoisotopic (exact) mass is 624 g/mol. The van der Waals surface area contributed by atoms with Gasteiger partial charge in [-0.2, -0.15) is 0 Å². The minimum atomic E-state index is -1.43. The molecule has 7 rings (SSSR count). The molecule has 0 bridgehead atoms. The van der Waals surface area contributed by atoms with Crippen molar-refractivity contribution in [2.45, 2.75) is 44.3 Å². The van der Waals surface area contributed by atoms with Gasteiger partial charge in [-0.3, -0.25) is 9.59 Å². The van der Waals surface area contributed by atoms with E-state index in [9.17, 15) is 40.2 Å². The van der Waals surface area contributed by atoms with Gasteiger partial charge in [-0.1, -0.05) is 12.1 Å². The normalized spacial score (nSPS) is 18.3. The molecule has 3 heterocycles. The van der Waals surface area contributed by atoms with Gasteiger partial charge in [0, 0.05) is 29.3 Å². The van der Waals surface area contributed by atoms with Crippen molar-refractivity contribution in [1.82, 2.24) is 0 Å². The van der Waals surface area contributed by atoms with Crippen molar-refractivity contribution in [3.05, 3.63) is 93.1 Å². The lowest BCUT2D eigenvalue weighted by molar-refractivity contribution is 0.0735. The van der Waals surface area contributed by atoms with E-state index in [1.165, 1.54) is 36.4 Å². The molecule has 0 saturated heterocycles. The highest BCUT2D eigenvalue weighted by atomic mass is 16.5. The van der Waals surface area contributed by atoms with Crippen LogP contribution in [0.1, 0.15) is 59.3 Å². The van der Waals surface area contributed by atoms with Gasteiger partial charge in [0.15, 0.2) is 22.7 Å². The fourth-order valence-corrected chi connectivity index (χ4v) is 6.25. The molecule has 0 aliphatic carbocycles. The predicted molar refractivity (Wildman–Crippen MR) is 164 cm³/mol. The van der Waals surface area contributed by atoms with Crippen LogP contribution >= 0.6 is 0 Å². The highest BCUT2D eigenvalue weighted by Gasteiger charge is 2.46. The molecule has 0 radical (unpaired) electrons. The second-order valence-electron chi connectivity index (χ2n) is 12.1. The van der Waals surface area contributed by atoms with Crippen molar-refractivity contribution in [2.24, 2.45) is 0 Å². The van der Waals surface area contributed by atoms with Crippen LogP contribution in [-0.2, 0) is 6.42 Å². The molecule has 46 heavy (non-hydrogen) atoms. The number of carbonyl (C=O) groups excluding carboxylic acids is 1.